The molecule has 0 radical (unpaired) electrons. The lowest BCUT2D eigenvalue weighted by Crippen LogP contribution is -2.26. The number of carbonyl (C=O) groups excluding carboxylic acids is 2. The van der Waals surface area contributed by atoms with Gasteiger partial charge in [0.25, 0.3) is 0 Å². The van der Waals surface area contributed by atoms with Gasteiger partial charge in [-0.15, -0.1) is 0 Å². The van der Waals surface area contributed by atoms with Gasteiger partial charge >= 0.3 is 11.9 Å². The standard InChI is InChI=1S/C34H67NO4/c1-6-9-12-15-18-21-26-32(39-33(36)27-22-23-28-35(4)5)30-38-34(37)29-31(24-19-16-13-10-7-2)25-20-17-14-11-8-3/h31-32H,6-30H2,1-5H3. The summed E-state index contributed by atoms with van der Waals surface area (Å²) in [5, 5.41) is 0. The van der Waals surface area contributed by atoms with Crippen molar-refractivity contribution in [2.24, 2.45) is 5.92 Å². The molecule has 0 saturated heterocycles. The van der Waals surface area contributed by atoms with Gasteiger partial charge in [0, 0.05) is 12.8 Å². The Hall–Kier alpha value is -1.10. The third-order valence-electron chi connectivity index (χ3n) is 7.73. The molecule has 0 aromatic carbocycles. The van der Waals surface area contributed by atoms with Crippen LogP contribution in [0.15, 0.2) is 0 Å². The first kappa shape index (κ1) is 37.9. The highest BCUT2D eigenvalue weighted by atomic mass is 16.6. The Kier molecular flexibility index (Phi) is 27.6. The van der Waals surface area contributed by atoms with Gasteiger partial charge in [0.15, 0.2) is 0 Å². The summed E-state index contributed by atoms with van der Waals surface area (Å²) in [6, 6.07) is 0. The summed E-state index contributed by atoms with van der Waals surface area (Å²) < 4.78 is 11.6. The number of carbonyl (C=O) groups is 2. The zero-order valence-corrected chi connectivity index (χ0v) is 26.9. The van der Waals surface area contributed by atoms with E-state index in [0.717, 1.165) is 51.5 Å². The predicted molar refractivity (Wildman–Crippen MR) is 166 cm³/mol. The van der Waals surface area contributed by atoms with Crippen molar-refractivity contribution in [1.82, 2.24) is 4.90 Å². The quantitative estimate of drug-likeness (QED) is 0.0681. The molecule has 0 fully saturated rings. The molecule has 0 N–H and O–H groups in total. The van der Waals surface area contributed by atoms with Crippen molar-refractivity contribution in [3.05, 3.63) is 0 Å². The lowest BCUT2D eigenvalue weighted by atomic mass is 9.91. The summed E-state index contributed by atoms with van der Waals surface area (Å²) >= 11 is 0. The van der Waals surface area contributed by atoms with Crippen LogP contribution >= 0.6 is 0 Å². The normalized spacial score (nSPS) is 12.3. The fraction of sp³-hybridized carbons (Fsp3) is 0.941. The van der Waals surface area contributed by atoms with Crippen LogP contribution < -0.4 is 0 Å². The molecule has 39 heavy (non-hydrogen) atoms. The van der Waals surface area contributed by atoms with Crippen LogP contribution in [0.25, 0.3) is 0 Å². The van der Waals surface area contributed by atoms with Gasteiger partial charge in [-0.3, -0.25) is 9.59 Å². The Morgan fingerprint density at radius 1 is 0.590 bits per heavy atom. The summed E-state index contributed by atoms with van der Waals surface area (Å²) in [5.74, 6) is 0.145. The topological polar surface area (TPSA) is 55.8 Å². The molecule has 0 aromatic heterocycles. The van der Waals surface area contributed by atoms with E-state index in [1.165, 1.54) is 89.9 Å². The Balaban J connectivity index is 4.71. The van der Waals surface area contributed by atoms with Crippen LogP contribution in [0.3, 0.4) is 0 Å². The molecule has 0 amide bonds. The van der Waals surface area contributed by atoms with E-state index in [0.29, 0.717) is 18.8 Å². The minimum Gasteiger partial charge on any atom is -0.462 e. The van der Waals surface area contributed by atoms with Crippen molar-refractivity contribution in [2.75, 3.05) is 27.2 Å². The molecule has 0 aliphatic carbocycles. The van der Waals surface area contributed by atoms with Crippen LogP contribution in [0.4, 0.5) is 0 Å². The average Bonchev–Trinajstić information content (AvgIpc) is 2.91. The number of rotatable bonds is 29. The molecule has 1 unspecified atom stereocenters. The van der Waals surface area contributed by atoms with Crippen LogP contribution in [-0.2, 0) is 19.1 Å². The Morgan fingerprint density at radius 2 is 1.08 bits per heavy atom. The summed E-state index contributed by atoms with van der Waals surface area (Å²) in [7, 11) is 4.10. The van der Waals surface area contributed by atoms with Crippen molar-refractivity contribution in [1.29, 1.82) is 0 Å². The summed E-state index contributed by atoms with van der Waals surface area (Å²) in [4.78, 5) is 27.5. The molecule has 5 nitrogen and oxygen atoms in total. The van der Waals surface area contributed by atoms with Crippen molar-refractivity contribution < 1.29 is 19.1 Å². The van der Waals surface area contributed by atoms with Gasteiger partial charge in [0.1, 0.15) is 12.7 Å². The second-order valence-electron chi connectivity index (χ2n) is 12.1. The lowest BCUT2D eigenvalue weighted by Gasteiger charge is -2.20. The minimum absolute atomic E-state index is 0.114. The highest BCUT2D eigenvalue weighted by Gasteiger charge is 2.19. The molecule has 0 aliphatic rings. The first-order chi connectivity index (χ1) is 18.9. The number of hydrogen-bond donors (Lipinski definition) is 0. The number of nitrogens with zero attached hydrogens (tertiary/aromatic N) is 1. The molecule has 0 aromatic rings. The van der Waals surface area contributed by atoms with E-state index in [2.05, 4.69) is 25.7 Å². The van der Waals surface area contributed by atoms with E-state index in [-0.39, 0.29) is 24.6 Å². The van der Waals surface area contributed by atoms with Crippen LogP contribution in [0.2, 0.25) is 0 Å². The van der Waals surface area contributed by atoms with E-state index < -0.39 is 0 Å². The predicted octanol–water partition coefficient (Wildman–Crippen LogP) is 9.65. The summed E-state index contributed by atoms with van der Waals surface area (Å²) in [5.41, 5.74) is 0. The van der Waals surface area contributed by atoms with E-state index in [1.807, 2.05) is 14.1 Å². The van der Waals surface area contributed by atoms with Crippen molar-refractivity contribution in [3.8, 4) is 0 Å². The molecule has 232 valence electrons. The monoisotopic (exact) mass is 554 g/mol. The number of hydrogen-bond acceptors (Lipinski definition) is 5. The molecule has 5 heteroatoms. The first-order valence-corrected chi connectivity index (χ1v) is 16.9. The summed E-state index contributed by atoms with van der Waals surface area (Å²) in [6.07, 6.45) is 25.3. The molecule has 0 heterocycles. The Bertz CT molecular complexity index is 537. The second kappa shape index (κ2) is 28.4. The molecular formula is C34H67NO4. The maximum atomic E-state index is 12.9. The van der Waals surface area contributed by atoms with Gasteiger partial charge in [-0.1, -0.05) is 117 Å². The third-order valence-corrected chi connectivity index (χ3v) is 7.73. The van der Waals surface area contributed by atoms with Gasteiger partial charge in [-0.05, 0) is 65.1 Å². The Morgan fingerprint density at radius 3 is 1.59 bits per heavy atom. The average molecular weight is 554 g/mol. The van der Waals surface area contributed by atoms with Crippen LogP contribution in [-0.4, -0.2) is 50.2 Å². The highest BCUT2D eigenvalue weighted by Crippen LogP contribution is 2.23. The molecule has 0 aliphatic heterocycles. The highest BCUT2D eigenvalue weighted by molar-refractivity contribution is 5.70. The van der Waals surface area contributed by atoms with Gasteiger partial charge in [-0.25, -0.2) is 0 Å². The largest absolute Gasteiger partial charge is 0.462 e. The zero-order valence-electron chi connectivity index (χ0n) is 26.9. The minimum atomic E-state index is -0.317. The van der Waals surface area contributed by atoms with Crippen LogP contribution in [0.5, 0.6) is 0 Å². The van der Waals surface area contributed by atoms with Gasteiger partial charge in [-0.2, -0.15) is 0 Å². The fourth-order valence-electron chi connectivity index (χ4n) is 5.17. The molecule has 0 saturated carbocycles. The molecule has 0 rings (SSSR count). The van der Waals surface area contributed by atoms with E-state index >= 15 is 0 Å². The van der Waals surface area contributed by atoms with E-state index in [9.17, 15) is 9.59 Å². The van der Waals surface area contributed by atoms with Crippen molar-refractivity contribution in [3.63, 3.8) is 0 Å². The van der Waals surface area contributed by atoms with Crippen molar-refractivity contribution in [2.45, 2.75) is 175 Å². The third kappa shape index (κ3) is 26.9. The second-order valence-corrected chi connectivity index (χ2v) is 12.1. The maximum Gasteiger partial charge on any atom is 0.306 e. The molecular weight excluding hydrogens is 486 g/mol. The number of unbranched alkanes of at least 4 members (excludes halogenated alkanes) is 14. The first-order valence-electron chi connectivity index (χ1n) is 16.9. The van der Waals surface area contributed by atoms with Gasteiger partial charge in [0.2, 0.25) is 0 Å². The smallest absolute Gasteiger partial charge is 0.306 e. The van der Waals surface area contributed by atoms with Gasteiger partial charge < -0.3 is 14.4 Å². The molecule has 0 spiro atoms. The van der Waals surface area contributed by atoms with Crippen molar-refractivity contribution >= 4 is 11.9 Å². The molecule has 1 atom stereocenters. The van der Waals surface area contributed by atoms with Crippen LogP contribution in [0, 0.1) is 5.92 Å². The zero-order chi connectivity index (χ0) is 29.0. The maximum absolute atomic E-state index is 12.9. The Labute approximate surface area is 243 Å². The fourth-order valence-corrected chi connectivity index (χ4v) is 5.17. The van der Waals surface area contributed by atoms with E-state index in [4.69, 9.17) is 9.47 Å². The lowest BCUT2D eigenvalue weighted by molar-refractivity contribution is -0.160. The SMILES string of the molecule is CCCCCCCCC(COC(=O)CC(CCCCCCC)CCCCCCC)OC(=O)CCCCN(C)C. The number of esters is 2. The number of ether oxygens (including phenoxy) is 2. The molecule has 0 bridgehead atoms. The van der Waals surface area contributed by atoms with Gasteiger partial charge in [0.05, 0.1) is 0 Å². The van der Waals surface area contributed by atoms with Crippen LogP contribution in [0.1, 0.15) is 168 Å². The van der Waals surface area contributed by atoms with E-state index in [1.54, 1.807) is 0 Å². The summed E-state index contributed by atoms with van der Waals surface area (Å²) in [6.45, 7) is 7.90.